The van der Waals surface area contributed by atoms with Gasteiger partial charge in [0.25, 0.3) is 0 Å². The van der Waals surface area contributed by atoms with Crippen LogP contribution in [0.25, 0.3) is 0 Å². The first-order chi connectivity index (χ1) is 8.40. The fourth-order valence-electron chi connectivity index (χ4n) is 1.83. The summed E-state index contributed by atoms with van der Waals surface area (Å²) in [5.41, 5.74) is 7.61. The van der Waals surface area contributed by atoms with E-state index < -0.39 is 5.82 Å². The van der Waals surface area contributed by atoms with Gasteiger partial charge < -0.3 is 5.73 Å². The Bertz CT molecular complexity index is 608. The van der Waals surface area contributed by atoms with Crippen molar-refractivity contribution in [3.63, 3.8) is 0 Å². The van der Waals surface area contributed by atoms with E-state index in [0.717, 1.165) is 10.4 Å². The SMILES string of the molecule is Cc1cc(C)c(C(=O)c2cc(N)c(C)c(F)c2)s1. The summed E-state index contributed by atoms with van der Waals surface area (Å²) in [7, 11) is 0. The van der Waals surface area contributed by atoms with Gasteiger partial charge in [0, 0.05) is 21.7 Å². The second-order valence-corrected chi connectivity index (χ2v) is 5.63. The summed E-state index contributed by atoms with van der Waals surface area (Å²) in [4.78, 5) is 14.0. The molecule has 2 aromatic rings. The number of nitrogens with two attached hydrogens (primary N) is 1. The second kappa shape index (κ2) is 4.53. The molecule has 2 N–H and O–H groups in total. The largest absolute Gasteiger partial charge is 0.398 e. The molecule has 0 aliphatic rings. The molecule has 0 saturated heterocycles. The van der Waals surface area contributed by atoms with Gasteiger partial charge in [-0.3, -0.25) is 4.79 Å². The Morgan fingerprint density at radius 3 is 2.39 bits per heavy atom. The summed E-state index contributed by atoms with van der Waals surface area (Å²) in [6, 6.07) is 4.74. The highest BCUT2D eigenvalue weighted by Gasteiger charge is 2.17. The summed E-state index contributed by atoms with van der Waals surface area (Å²) in [5, 5.41) is 0. The Morgan fingerprint density at radius 2 is 1.89 bits per heavy atom. The molecule has 4 heteroatoms. The van der Waals surface area contributed by atoms with Crippen LogP contribution in [0.1, 0.15) is 31.2 Å². The van der Waals surface area contributed by atoms with Crippen molar-refractivity contribution in [3.8, 4) is 0 Å². The number of benzene rings is 1. The summed E-state index contributed by atoms with van der Waals surface area (Å²) in [6.07, 6.45) is 0. The lowest BCUT2D eigenvalue weighted by Crippen LogP contribution is -2.04. The first kappa shape index (κ1) is 12.8. The topological polar surface area (TPSA) is 43.1 Å². The lowest BCUT2D eigenvalue weighted by molar-refractivity contribution is 0.104. The van der Waals surface area contributed by atoms with Gasteiger partial charge in [0.1, 0.15) is 5.82 Å². The number of halogens is 1. The number of hydrogen-bond acceptors (Lipinski definition) is 3. The number of thiophene rings is 1. The van der Waals surface area contributed by atoms with Gasteiger partial charge in [-0.1, -0.05) is 0 Å². The molecule has 18 heavy (non-hydrogen) atoms. The Kier molecular flexibility index (Phi) is 3.22. The lowest BCUT2D eigenvalue weighted by atomic mass is 10.0. The van der Waals surface area contributed by atoms with Gasteiger partial charge in [-0.15, -0.1) is 11.3 Å². The highest BCUT2D eigenvalue weighted by Crippen LogP contribution is 2.26. The summed E-state index contributed by atoms with van der Waals surface area (Å²) in [5.74, 6) is -0.611. The maximum Gasteiger partial charge on any atom is 0.203 e. The van der Waals surface area contributed by atoms with Crippen LogP contribution < -0.4 is 5.73 Å². The third-order valence-electron chi connectivity index (χ3n) is 2.89. The van der Waals surface area contributed by atoms with Crippen molar-refractivity contribution in [2.45, 2.75) is 20.8 Å². The summed E-state index contributed by atoms with van der Waals surface area (Å²) < 4.78 is 13.6. The van der Waals surface area contributed by atoms with Crippen LogP contribution in [0.15, 0.2) is 18.2 Å². The van der Waals surface area contributed by atoms with Crippen LogP contribution >= 0.6 is 11.3 Å². The molecule has 0 aliphatic carbocycles. The first-order valence-electron chi connectivity index (χ1n) is 5.57. The summed E-state index contributed by atoms with van der Waals surface area (Å²) >= 11 is 1.42. The Balaban J connectivity index is 2.50. The number of anilines is 1. The van der Waals surface area contributed by atoms with Crippen molar-refractivity contribution >= 4 is 22.8 Å². The van der Waals surface area contributed by atoms with E-state index in [2.05, 4.69) is 0 Å². The van der Waals surface area contributed by atoms with Crippen molar-refractivity contribution in [2.24, 2.45) is 0 Å². The zero-order valence-electron chi connectivity index (χ0n) is 10.5. The van der Waals surface area contributed by atoms with Crippen molar-refractivity contribution in [1.29, 1.82) is 0 Å². The normalized spacial score (nSPS) is 10.7. The highest BCUT2D eigenvalue weighted by molar-refractivity contribution is 7.14. The maximum atomic E-state index is 13.6. The van der Waals surface area contributed by atoms with Crippen LogP contribution in [0, 0.1) is 26.6 Å². The molecule has 0 bridgehead atoms. The number of rotatable bonds is 2. The predicted octanol–water partition coefficient (Wildman–Crippen LogP) is 3.63. The molecule has 1 aromatic heterocycles. The van der Waals surface area contributed by atoms with Gasteiger partial charge in [0.15, 0.2) is 0 Å². The van der Waals surface area contributed by atoms with Gasteiger partial charge in [-0.05, 0) is 44.5 Å². The standard InChI is InChI=1S/C14H14FNOS/c1-7-4-8(2)18-14(7)13(17)10-5-11(15)9(3)12(16)6-10/h4-6H,16H2,1-3H3. The van der Waals surface area contributed by atoms with E-state index in [4.69, 9.17) is 5.73 Å². The highest BCUT2D eigenvalue weighted by atomic mass is 32.1. The molecule has 0 spiro atoms. The molecule has 2 nitrogen and oxygen atoms in total. The number of ketones is 1. The van der Waals surface area contributed by atoms with Crippen molar-refractivity contribution in [3.05, 3.63) is 50.5 Å². The minimum absolute atomic E-state index is 0.170. The minimum Gasteiger partial charge on any atom is -0.398 e. The van der Waals surface area contributed by atoms with Crippen LogP contribution in [0.5, 0.6) is 0 Å². The monoisotopic (exact) mass is 263 g/mol. The zero-order chi connectivity index (χ0) is 13.4. The van der Waals surface area contributed by atoms with Crippen molar-refractivity contribution < 1.29 is 9.18 Å². The van der Waals surface area contributed by atoms with E-state index in [0.29, 0.717) is 21.7 Å². The average Bonchev–Trinajstić information content (AvgIpc) is 2.63. The second-order valence-electron chi connectivity index (χ2n) is 4.37. The number of carbonyl (C=O) groups excluding carboxylic acids is 1. The fraction of sp³-hybridized carbons (Fsp3) is 0.214. The summed E-state index contributed by atoms with van der Waals surface area (Å²) in [6.45, 7) is 5.42. The van der Waals surface area contributed by atoms with E-state index in [1.807, 2.05) is 19.9 Å². The van der Waals surface area contributed by atoms with Crippen LogP contribution in [0.3, 0.4) is 0 Å². The Morgan fingerprint density at radius 1 is 1.22 bits per heavy atom. The van der Waals surface area contributed by atoms with E-state index in [1.165, 1.54) is 23.5 Å². The first-order valence-corrected chi connectivity index (χ1v) is 6.39. The Labute approximate surface area is 109 Å². The average molecular weight is 263 g/mol. The molecule has 2 rings (SSSR count). The van der Waals surface area contributed by atoms with Gasteiger partial charge in [0.2, 0.25) is 5.78 Å². The maximum absolute atomic E-state index is 13.6. The molecule has 94 valence electrons. The van der Waals surface area contributed by atoms with Gasteiger partial charge in [-0.25, -0.2) is 4.39 Å². The number of nitrogen functional groups attached to an aromatic ring is 1. The number of hydrogen-bond donors (Lipinski definition) is 1. The van der Waals surface area contributed by atoms with Gasteiger partial charge in [0.05, 0.1) is 4.88 Å². The predicted molar refractivity (Wildman–Crippen MR) is 72.8 cm³/mol. The molecule has 0 radical (unpaired) electrons. The zero-order valence-corrected chi connectivity index (χ0v) is 11.3. The van der Waals surface area contributed by atoms with Crippen LogP contribution in [-0.4, -0.2) is 5.78 Å². The molecule has 1 aromatic carbocycles. The third-order valence-corrected chi connectivity index (χ3v) is 4.05. The number of carbonyl (C=O) groups is 1. The fourth-order valence-corrected chi connectivity index (χ4v) is 2.82. The molecule has 0 aliphatic heterocycles. The van der Waals surface area contributed by atoms with E-state index in [1.54, 1.807) is 6.92 Å². The van der Waals surface area contributed by atoms with E-state index >= 15 is 0 Å². The molecular weight excluding hydrogens is 249 g/mol. The van der Waals surface area contributed by atoms with Crippen LogP contribution in [0.4, 0.5) is 10.1 Å². The van der Waals surface area contributed by atoms with Crippen molar-refractivity contribution in [2.75, 3.05) is 5.73 Å². The van der Waals surface area contributed by atoms with Gasteiger partial charge >= 0.3 is 0 Å². The number of aryl methyl sites for hydroxylation is 2. The molecule has 0 amide bonds. The minimum atomic E-state index is -0.440. The molecule has 0 fully saturated rings. The Hall–Kier alpha value is -1.68. The molecule has 0 saturated carbocycles. The van der Waals surface area contributed by atoms with E-state index in [-0.39, 0.29) is 5.78 Å². The molecule has 1 heterocycles. The molecular formula is C14H14FNOS. The van der Waals surface area contributed by atoms with E-state index in [9.17, 15) is 9.18 Å². The molecule has 0 atom stereocenters. The quantitative estimate of drug-likeness (QED) is 0.664. The lowest BCUT2D eigenvalue weighted by Gasteiger charge is -2.05. The van der Waals surface area contributed by atoms with Crippen molar-refractivity contribution in [1.82, 2.24) is 0 Å². The third kappa shape index (κ3) is 2.16. The molecule has 0 unspecified atom stereocenters. The van der Waals surface area contributed by atoms with Crippen LogP contribution in [0.2, 0.25) is 0 Å². The van der Waals surface area contributed by atoms with Gasteiger partial charge in [-0.2, -0.15) is 0 Å². The smallest absolute Gasteiger partial charge is 0.203 e. The van der Waals surface area contributed by atoms with Crippen LogP contribution in [-0.2, 0) is 0 Å².